The molecule has 0 bridgehead atoms. The van der Waals surface area contributed by atoms with E-state index in [2.05, 4.69) is 10.2 Å². The molecule has 0 atom stereocenters. The van der Waals surface area contributed by atoms with Gasteiger partial charge < -0.3 is 19.2 Å². The maximum absolute atomic E-state index is 12.2. The summed E-state index contributed by atoms with van der Waals surface area (Å²) in [5, 5.41) is 13.7. The van der Waals surface area contributed by atoms with Crippen LogP contribution in [0.4, 0.5) is 5.69 Å². The van der Waals surface area contributed by atoms with Crippen LogP contribution in [0.3, 0.4) is 0 Å². The van der Waals surface area contributed by atoms with Gasteiger partial charge >= 0.3 is 0 Å². The van der Waals surface area contributed by atoms with Crippen LogP contribution in [-0.2, 0) is 11.3 Å². The van der Waals surface area contributed by atoms with Crippen molar-refractivity contribution in [2.75, 3.05) is 39.4 Å². The van der Waals surface area contributed by atoms with E-state index < -0.39 is 4.92 Å². The highest BCUT2D eigenvalue weighted by Crippen LogP contribution is 2.24. The second kappa shape index (κ2) is 9.34. The summed E-state index contributed by atoms with van der Waals surface area (Å²) >= 11 is 0. The number of carbonyl (C=O) groups is 1. The Morgan fingerprint density at radius 2 is 2.07 bits per heavy atom. The van der Waals surface area contributed by atoms with Crippen molar-refractivity contribution in [1.82, 2.24) is 10.2 Å². The average molecular weight is 389 g/mol. The molecule has 150 valence electrons. The lowest BCUT2D eigenvalue weighted by atomic mass is 10.2. The first-order chi connectivity index (χ1) is 13.5. The van der Waals surface area contributed by atoms with E-state index in [1.54, 1.807) is 25.1 Å². The molecule has 0 spiro atoms. The number of nitrogens with one attached hydrogen (secondary N) is 1. The van der Waals surface area contributed by atoms with E-state index in [1.807, 2.05) is 0 Å². The number of amides is 1. The highest BCUT2D eigenvalue weighted by atomic mass is 16.6. The van der Waals surface area contributed by atoms with Gasteiger partial charge in [0.2, 0.25) is 0 Å². The van der Waals surface area contributed by atoms with Crippen LogP contribution >= 0.6 is 0 Å². The number of morpholine rings is 1. The van der Waals surface area contributed by atoms with Gasteiger partial charge in [0.1, 0.15) is 18.1 Å². The minimum absolute atomic E-state index is 0.0429. The van der Waals surface area contributed by atoms with Crippen LogP contribution in [0.5, 0.6) is 5.75 Å². The summed E-state index contributed by atoms with van der Waals surface area (Å²) < 4.78 is 16.4. The topological polar surface area (TPSA) is 107 Å². The molecule has 0 radical (unpaired) electrons. The number of nitro groups is 1. The lowest BCUT2D eigenvalue weighted by Gasteiger charge is -2.26. The number of rotatable bonds is 8. The molecule has 0 saturated carbocycles. The van der Waals surface area contributed by atoms with Crippen LogP contribution < -0.4 is 10.1 Å². The molecule has 3 rings (SSSR count). The van der Waals surface area contributed by atoms with Gasteiger partial charge in [0.25, 0.3) is 11.6 Å². The Labute approximate surface area is 162 Å². The van der Waals surface area contributed by atoms with Crippen molar-refractivity contribution in [3.63, 3.8) is 0 Å². The molecule has 28 heavy (non-hydrogen) atoms. The highest BCUT2D eigenvalue weighted by Gasteiger charge is 2.14. The normalized spacial score (nSPS) is 14.6. The molecule has 1 N–H and O–H groups in total. The van der Waals surface area contributed by atoms with Gasteiger partial charge in [-0.3, -0.25) is 19.8 Å². The van der Waals surface area contributed by atoms with Gasteiger partial charge in [0, 0.05) is 37.8 Å². The molecule has 9 heteroatoms. The van der Waals surface area contributed by atoms with E-state index in [-0.39, 0.29) is 24.0 Å². The molecule has 2 aromatic rings. The first kappa shape index (κ1) is 19.8. The molecule has 1 fully saturated rings. The SMILES string of the molecule is Cc1cc(OCc2ccc(C(=O)NCCN3CCOCC3)o2)ccc1[N+](=O)[O-]. The molecular weight excluding hydrogens is 366 g/mol. The number of carbonyl (C=O) groups excluding carboxylic acids is 1. The third-order valence-electron chi connectivity index (χ3n) is 4.45. The zero-order valence-electron chi connectivity index (χ0n) is 15.7. The van der Waals surface area contributed by atoms with Crippen molar-refractivity contribution in [2.24, 2.45) is 0 Å². The quantitative estimate of drug-likeness (QED) is 0.544. The largest absolute Gasteiger partial charge is 0.486 e. The zero-order chi connectivity index (χ0) is 19.9. The molecule has 2 heterocycles. The number of aryl methyl sites for hydroxylation is 1. The molecule has 1 saturated heterocycles. The van der Waals surface area contributed by atoms with Crippen molar-refractivity contribution >= 4 is 11.6 Å². The van der Waals surface area contributed by atoms with Crippen LogP contribution in [0.2, 0.25) is 0 Å². The van der Waals surface area contributed by atoms with Gasteiger partial charge in [-0.1, -0.05) is 0 Å². The predicted octanol–water partition coefficient (Wildman–Crippen LogP) is 2.14. The lowest BCUT2D eigenvalue weighted by molar-refractivity contribution is -0.385. The first-order valence-corrected chi connectivity index (χ1v) is 9.08. The van der Waals surface area contributed by atoms with E-state index in [4.69, 9.17) is 13.9 Å². The molecule has 1 aromatic heterocycles. The third-order valence-corrected chi connectivity index (χ3v) is 4.45. The van der Waals surface area contributed by atoms with Crippen molar-refractivity contribution < 1.29 is 23.6 Å². The third kappa shape index (κ3) is 5.30. The van der Waals surface area contributed by atoms with Crippen molar-refractivity contribution in [1.29, 1.82) is 0 Å². The van der Waals surface area contributed by atoms with E-state index in [9.17, 15) is 14.9 Å². The second-order valence-corrected chi connectivity index (χ2v) is 6.47. The minimum atomic E-state index is -0.435. The monoisotopic (exact) mass is 389 g/mol. The van der Waals surface area contributed by atoms with Crippen LogP contribution in [0.25, 0.3) is 0 Å². The van der Waals surface area contributed by atoms with E-state index in [0.717, 1.165) is 32.8 Å². The predicted molar refractivity (Wildman–Crippen MR) is 100 cm³/mol. The highest BCUT2D eigenvalue weighted by molar-refractivity contribution is 5.91. The van der Waals surface area contributed by atoms with Gasteiger partial charge in [-0.2, -0.15) is 0 Å². The molecule has 0 aliphatic carbocycles. The van der Waals surface area contributed by atoms with Crippen LogP contribution in [0.15, 0.2) is 34.7 Å². The number of hydrogen-bond acceptors (Lipinski definition) is 7. The fraction of sp³-hybridized carbons (Fsp3) is 0.421. The lowest BCUT2D eigenvalue weighted by Crippen LogP contribution is -2.41. The Kier molecular flexibility index (Phi) is 6.62. The number of benzene rings is 1. The minimum Gasteiger partial charge on any atom is -0.486 e. The van der Waals surface area contributed by atoms with Crippen molar-refractivity contribution in [3.05, 3.63) is 57.5 Å². The average Bonchev–Trinajstić information content (AvgIpc) is 3.16. The molecule has 1 aliphatic rings. The number of nitrogens with zero attached hydrogens (tertiary/aromatic N) is 2. The van der Waals surface area contributed by atoms with Crippen LogP contribution in [0.1, 0.15) is 21.9 Å². The Morgan fingerprint density at radius 3 is 2.79 bits per heavy atom. The molecular formula is C19H23N3O6. The molecule has 1 aliphatic heterocycles. The Balaban J connectivity index is 1.46. The summed E-state index contributed by atoms with van der Waals surface area (Å²) in [6, 6.07) is 7.81. The van der Waals surface area contributed by atoms with Crippen molar-refractivity contribution in [3.8, 4) is 5.75 Å². The van der Waals surface area contributed by atoms with Gasteiger partial charge in [-0.25, -0.2) is 0 Å². The summed E-state index contributed by atoms with van der Waals surface area (Å²) in [7, 11) is 0. The molecule has 0 unspecified atom stereocenters. The summed E-state index contributed by atoms with van der Waals surface area (Å²) in [6.07, 6.45) is 0. The van der Waals surface area contributed by atoms with Gasteiger partial charge in [0.05, 0.1) is 18.1 Å². The number of ether oxygens (including phenoxy) is 2. The fourth-order valence-electron chi connectivity index (χ4n) is 2.89. The van der Waals surface area contributed by atoms with E-state index in [1.165, 1.54) is 12.1 Å². The maximum Gasteiger partial charge on any atom is 0.287 e. The van der Waals surface area contributed by atoms with Crippen LogP contribution in [0, 0.1) is 17.0 Å². The van der Waals surface area contributed by atoms with Gasteiger partial charge in [0.15, 0.2) is 5.76 Å². The summed E-state index contributed by atoms with van der Waals surface area (Å²) in [5.74, 6) is 0.941. The summed E-state index contributed by atoms with van der Waals surface area (Å²) in [4.78, 5) is 24.8. The smallest absolute Gasteiger partial charge is 0.287 e. The Morgan fingerprint density at radius 1 is 1.29 bits per heavy atom. The van der Waals surface area contributed by atoms with Crippen LogP contribution in [-0.4, -0.2) is 55.1 Å². The summed E-state index contributed by atoms with van der Waals surface area (Å²) in [6.45, 7) is 6.28. The van der Waals surface area contributed by atoms with Crippen molar-refractivity contribution in [2.45, 2.75) is 13.5 Å². The van der Waals surface area contributed by atoms with Gasteiger partial charge in [-0.05, 0) is 31.2 Å². The molecule has 1 aromatic carbocycles. The summed E-state index contributed by atoms with van der Waals surface area (Å²) in [5.41, 5.74) is 0.559. The Hall–Kier alpha value is -2.91. The second-order valence-electron chi connectivity index (χ2n) is 6.47. The molecule has 9 nitrogen and oxygen atoms in total. The maximum atomic E-state index is 12.2. The fourth-order valence-corrected chi connectivity index (χ4v) is 2.89. The van der Waals surface area contributed by atoms with E-state index >= 15 is 0 Å². The standard InChI is InChI=1S/C19H23N3O6/c1-14-12-15(2-4-17(14)22(24)25)27-13-16-3-5-18(28-16)19(23)20-6-7-21-8-10-26-11-9-21/h2-5,12H,6-11,13H2,1H3,(H,20,23). The first-order valence-electron chi connectivity index (χ1n) is 9.08. The molecule has 1 amide bonds. The number of nitro benzene ring substituents is 1. The number of furan rings is 1. The number of hydrogen-bond donors (Lipinski definition) is 1. The van der Waals surface area contributed by atoms with E-state index in [0.29, 0.717) is 23.6 Å². The zero-order valence-corrected chi connectivity index (χ0v) is 15.7. The Bertz CT molecular complexity index is 829. The van der Waals surface area contributed by atoms with Gasteiger partial charge in [-0.15, -0.1) is 0 Å².